The SMILES string of the molecule is Cc1ccc2c(c1)[Si](c1ccccc1)(c1ccccc1)O[Si]2(c1ccccc1)c1ccccc1. The lowest BCUT2D eigenvalue weighted by molar-refractivity contribution is 0.610. The van der Waals surface area contributed by atoms with Gasteiger partial charge in [0.1, 0.15) is 0 Å². The van der Waals surface area contributed by atoms with Crippen molar-refractivity contribution in [1.29, 1.82) is 0 Å². The number of rotatable bonds is 4. The van der Waals surface area contributed by atoms with Crippen LogP contribution < -0.4 is 31.1 Å². The van der Waals surface area contributed by atoms with Crippen molar-refractivity contribution in [1.82, 2.24) is 0 Å². The van der Waals surface area contributed by atoms with Gasteiger partial charge in [0, 0.05) is 0 Å². The van der Waals surface area contributed by atoms with Gasteiger partial charge in [0.2, 0.25) is 0 Å². The highest BCUT2D eigenvalue weighted by Gasteiger charge is 2.60. The van der Waals surface area contributed by atoms with E-state index in [1.54, 1.807) is 0 Å². The van der Waals surface area contributed by atoms with Crippen LogP contribution in [0, 0.1) is 6.92 Å². The van der Waals surface area contributed by atoms with E-state index in [4.69, 9.17) is 4.12 Å². The molecule has 3 heteroatoms. The molecule has 1 nitrogen and oxygen atoms in total. The predicted molar refractivity (Wildman–Crippen MR) is 147 cm³/mol. The fourth-order valence-electron chi connectivity index (χ4n) is 5.48. The average molecular weight is 471 g/mol. The van der Waals surface area contributed by atoms with Crippen molar-refractivity contribution >= 4 is 47.8 Å². The van der Waals surface area contributed by atoms with Crippen LogP contribution in [0.3, 0.4) is 0 Å². The van der Waals surface area contributed by atoms with Crippen LogP contribution in [0.2, 0.25) is 0 Å². The highest BCUT2D eigenvalue weighted by Crippen LogP contribution is 2.24. The molecule has 0 bridgehead atoms. The number of aryl methyl sites for hydroxylation is 1. The molecule has 0 saturated carbocycles. The van der Waals surface area contributed by atoms with Gasteiger partial charge in [-0.05, 0) is 38.0 Å². The summed E-state index contributed by atoms with van der Waals surface area (Å²) >= 11 is 0. The second-order valence-corrected chi connectivity index (χ2v) is 15.9. The van der Waals surface area contributed by atoms with Crippen LogP contribution in [0.25, 0.3) is 0 Å². The van der Waals surface area contributed by atoms with Gasteiger partial charge in [-0.25, -0.2) is 0 Å². The molecule has 6 rings (SSSR count). The van der Waals surface area contributed by atoms with E-state index in [0.29, 0.717) is 0 Å². The molecule has 0 N–H and O–H groups in total. The highest BCUT2D eigenvalue weighted by molar-refractivity contribution is 7.25. The maximum absolute atomic E-state index is 7.88. The van der Waals surface area contributed by atoms with Crippen LogP contribution in [0.5, 0.6) is 0 Å². The van der Waals surface area contributed by atoms with Crippen molar-refractivity contribution in [2.75, 3.05) is 0 Å². The average Bonchev–Trinajstić information content (AvgIpc) is 3.23. The molecule has 0 fully saturated rings. The molecular formula is C31H26OSi2. The van der Waals surface area contributed by atoms with Gasteiger partial charge < -0.3 is 4.12 Å². The van der Waals surface area contributed by atoms with Gasteiger partial charge in [-0.1, -0.05) is 145 Å². The van der Waals surface area contributed by atoms with E-state index in [1.165, 1.54) is 36.7 Å². The van der Waals surface area contributed by atoms with Crippen LogP contribution in [0.15, 0.2) is 140 Å². The minimum Gasteiger partial charge on any atom is -0.435 e. The van der Waals surface area contributed by atoms with E-state index < -0.39 is 16.6 Å². The molecule has 164 valence electrons. The smallest absolute Gasteiger partial charge is 0.278 e. The number of hydrogen-bond acceptors (Lipinski definition) is 1. The Morgan fingerprint density at radius 2 is 0.765 bits per heavy atom. The van der Waals surface area contributed by atoms with Gasteiger partial charge in [-0.2, -0.15) is 0 Å². The van der Waals surface area contributed by atoms with Crippen molar-refractivity contribution in [2.24, 2.45) is 0 Å². The number of benzene rings is 5. The zero-order chi connectivity index (χ0) is 23.0. The molecule has 5 aromatic carbocycles. The summed E-state index contributed by atoms with van der Waals surface area (Å²) in [6, 6.07) is 50.8. The van der Waals surface area contributed by atoms with E-state index in [1.807, 2.05) is 0 Å². The third kappa shape index (κ3) is 3.09. The van der Waals surface area contributed by atoms with E-state index >= 15 is 0 Å². The maximum Gasteiger partial charge on any atom is 0.278 e. The third-order valence-corrected chi connectivity index (χ3v) is 16.6. The van der Waals surface area contributed by atoms with Gasteiger partial charge >= 0.3 is 0 Å². The standard InChI is InChI=1S/C31H26OSi2/c1-25-22-23-30-31(24-25)34(28-18-10-4-11-19-28,29-20-12-5-13-21-29)32-33(30,26-14-6-2-7-15-26)27-16-8-3-9-17-27/h2-24H,1H3. The zero-order valence-corrected chi connectivity index (χ0v) is 21.2. The second kappa shape index (κ2) is 8.37. The Bertz CT molecular complexity index is 1340. The van der Waals surface area contributed by atoms with E-state index in [0.717, 1.165) is 0 Å². The van der Waals surface area contributed by atoms with Gasteiger partial charge in [0.05, 0.1) is 0 Å². The molecule has 1 aliphatic heterocycles. The predicted octanol–water partition coefficient (Wildman–Crippen LogP) is 2.96. The lowest BCUT2D eigenvalue weighted by Crippen LogP contribution is -2.71. The molecule has 0 saturated heterocycles. The van der Waals surface area contributed by atoms with Gasteiger partial charge in [-0.15, -0.1) is 0 Å². The molecule has 0 aromatic heterocycles. The molecule has 34 heavy (non-hydrogen) atoms. The number of fused-ring (bicyclic) bond motifs is 1. The Labute approximate surface area is 203 Å². The number of hydrogen-bond donors (Lipinski definition) is 0. The summed E-state index contributed by atoms with van der Waals surface area (Å²) in [6.45, 7) is 2.20. The fraction of sp³-hybridized carbons (Fsp3) is 0.0323. The molecule has 0 atom stereocenters. The quantitative estimate of drug-likeness (QED) is 0.367. The summed E-state index contributed by atoms with van der Waals surface area (Å²) < 4.78 is 7.88. The summed E-state index contributed by atoms with van der Waals surface area (Å²) in [6.07, 6.45) is 0. The van der Waals surface area contributed by atoms with Crippen molar-refractivity contribution in [3.05, 3.63) is 145 Å². The Balaban J connectivity index is 1.77. The monoisotopic (exact) mass is 470 g/mol. The van der Waals surface area contributed by atoms with E-state index in [9.17, 15) is 0 Å². The molecule has 0 unspecified atom stereocenters. The van der Waals surface area contributed by atoms with Crippen molar-refractivity contribution in [2.45, 2.75) is 6.92 Å². The molecule has 5 aromatic rings. The second-order valence-electron chi connectivity index (χ2n) is 8.98. The Hall–Kier alpha value is -3.51. The zero-order valence-electron chi connectivity index (χ0n) is 19.2. The van der Waals surface area contributed by atoms with E-state index in [-0.39, 0.29) is 0 Å². The molecule has 1 heterocycles. The summed E-state index contributed by atoms with van der Waals surface area (Å²) in [5, 5.41) is 7.97. The van der Waals surface area contributed by atoms with Gasteiger partial charge in [0.15, 0.2) is 0 Å². The van der Waals surface area contributed by atoms with Crippen molar-refractivity contribution in [3.8, 4) is 0 Å². The fourth-order valence-corrected chi connectivity index (χ4v) is 17.4. The van der Waals surface area contributed by atoms with Crippen molar-refractivity contribution < 1.29 is 4.12 Å². The Kier molecular flexibility index (Phi) is 5.18. The maximum atomic E-state index is 7.88. The largest absolute Gasteiger partial charge is 0.435 e. The Morgan fingerprint density at radius 1 is 0.412 bits per heavy atom. The molecular weight excluding hydrogens is 445 g/mol. The Morgan fingerprint density at radius 3 is 1.15 bits per heavy atom. The van der Waals surface area contributed by atoms with Crippen LogP contribution in [-0.4, -0.2) is 16.6 Å². The lowest BCUT2D eigenvalue weighted by Gasteiger charge is -2.35. The lowest BCUT2D eigenvalue weighted by atomic mass is 10.2. The summed E-state index contributed by atoms with van der Waals surface area (Å²) in [4.78, 5) is 0. The molecule has 0 radical (unpaired) electrons. The molecule has 0 spiro atoms. The van der Waals surface area contributed by atoms with Crippen LogP contribution in [0.4, 0.5) is 0 Å². The third-order valence-electron chi connectivity index (χ3n) is 6.96. The van der Waals surface area contributed by atoms with Gasteiger partial charge in [-0.3, -0.25) is 0 Å². The highest BCUT2D eigenvalue weighted by atomic mass is 28.4. The first-order valence-electron chi connectivity index (χ1n) is 11.8. The first-order chi connectivity index (χ1) is 16.7. The van der Waals surface area contributed by atoms with Crippen LogP contribution in [-0.2, 0) is 4.12 Å². The summed E-state index contributed by atoms with van der Waals surface area (Å²) in [7, 11) is -5.54. The first kappa shape index (κ1) is 21.1. The molecule has 0 amide bonds. The summed E-state index contributed by atoms with van der Waals surface area (Å²) in [5.41, 5.74) is 1.28. The molecule has 1 aliphatic rings. The van der Waals surface area contributed by atoms with Gasteiger partial charge in [0.25, 0.3) is 16.6 Å². The van der Waals surface area contributed by atoms with E-state index in [2.05, 4.69) is 146 Å². The summed E-state index contributed by atoms with van der Waals surface area (Å²) in [5.74, 6) is 0. The molecule has 0 aliphatic carbocycles. The van der Waals surface area contributed by atoms with Crippen LogP contribution in [0.1, 0.15) is 5.56 Å². The van der Waals surface area contributed by atoms with Crippen molar-refractivity contribution in [3.63, 3.8) is 0 Å². The minimum atomic E-state index is -2.78. The minimum absolute atomic E-state index is 1.28. The van der Waals surface area contributed by atoms with Crippen LogP contribution >= 0.6 is 0 Å². The normalized spacial score (nSPS) is 15.6. The first-order valence-corrected chi connectivity index (χ1v) is 15.6. The topological polar surface area (TPSA) is 9.23 Å².